The van der Waals surface area contributed by atoms with Crippen LogP contribution in [0.15, 0.2) is 0 Å². The molecule has 2 atom stereocenters. The molecule has 7 heteroatoms. The van der Waals surface area contributed by atoms with Gasteiger partial charge in [-0.25, -0.2) is 4.98 Å². The summed E-state index contributed by atoms with van der Waals surface area (Å²) >= 11 is 1.30. The van der Waals surface area contributed by atoms with E-state index < -0.39 is 0 Å². The smallest absolute Gasteiger partial charge is 0.265 e. The van der Waals surface area contributed by atoms with E-state index in [4.69, 9.17) is 10.5 Å². The number of amides is 1. The van der Waals surface area contributed by atoms with Crippen LogP contribution in [-0.2, 0) is 4.74 Å². The highest BCUT2D eigenvalue weighted by molar-refractivity contribution is 7.18. The first-order valence-corrected chi connectivity index (χ1v) is 8.17. The molecule has 2 rings (SSSR count). The molecule has 118 valence electrons. The molecule has 0 spiro atoms. The van der Waals surface area contributed by atoms with E-state index in [1.807, 2.05) is 6.92 Å². The van der Waals surface area contributed by atoms with Crippen LogP contribution in [0.4, 0.5) is 10.9 Å². The van der Waals surface area contributed by atoms with Gasteiger partial charge in [-0.05, 0) is 19.3 Å². The number of rotatable bonds is 6. The number of nitrogens with one attached hydrogen (secondary N) is 2. The summed E-state index contributed by atoms with van der Waals surface area (Å²) in [6.07, 6.45) is 0.987. The second kappa shape index (κ2) is 7.09. The van der Waals surface area contributed by atoms with Gasteiger partial charge in [0.1, 0.15) is 10.7 Å². The SMILES string of the molecule is CC(C)CNc1nc(N)c(C(=O)NC(C)C2CCOC2)s1. The van der Waals surface area contributed by atoms with Crippen LogP contribution in [0, 0.1) is 11.8 Å². The summed E-state index contributed by atoms with van der Waals surface area (Å²) in [5.74, 6) is 1.03. The molecule has 2 heterocycles. The van der Waals surface area contributed by atoms with Crippen molar-refractivity contribution in [2.45, 2.75) is 33.2 Å². The number of nitrogen functional groups attached to an aromatic ring is 1. The summed E-state index contributed by atoms with van der Waals surface area (Å²) in [6, 6.07) is 0.0774. The highest BCUT2D eigenvalue weighted by Gasteiger charge is 2.25. The molecule has 1 aromatic heterocycles. The van der Waals surface area contributed by atoms with Crippen molar-refractivity contribution in [1.29, 1.82) is 0 Å². The van der Waals surface area contributed by atoms with Crippen molar-refractivity contribution in [2.24, 2.45) is 11.8 Å². The molecule has 2 unspecified atom stereocenters. The quantitative estimate of drug-likeness (QED) is 0.747. The van der Waals surface area contributed by atoms with Crippen LogP contribution in [0.1, 0.15) is 36.9 Å². The highest BCUT2D eigenvalue weighted by Crippen LogP contribution is 2.25. The number of carbonyl (C=O) groups is 1. The summed E-state index contributed by atoms with van der Waals surface area (Å²) in [5, 5.41) is 6.89. The Bertz CT molecular complexity index is 483. The summed E-state index contributed by atoms with van der Waals surface area (Å²) in [6.45, 7) is 8.53. The molecule has 0 bridgehead atoms. The molecule has 1 amide bonds. The predicted molar refractivity (Wildman–Crippen MR) is 85.7 cm³/mol. The van der Waals surface area contributed by atoms with E-state index in [-0.39, 0.29) is 11.9 Å². The number of carbonyl (C=O) groups excluding carboxylic acids is 1. The summed E-state index contributed by atoms with van der Waals surface area (Å²) in [7, 11) is 0. The molecule has 1 saturated heterocycles. The Labute approximate surface area is 129 Å². The number of aromatic nitrogens is 1. The maximum Gasteiger partial charge on any atom is 0.265 e. The summed E-state index contributed by atoms with van der Waals surface area (Å²) in [5.41, 5.74) is 5.85. The molecule has 21 heavy (non-hydrogen) atoms. The lowest BCUT2D eigenvalue weighted by atomic mass is 10.0. The van der Waals surface area contributed by atoms with Crippen LogP contribution in [0.25, 0.3) is 0 Å². The second-order valence-electron chi connectivity index (χ2n) is 5.89. The monoisotopic (exact) mass is 312 g/mol. The first kappa shape index (κ1) is 16.0. The number of hydrogen-bond acceptors (Lipinski definition) is 6. The number of anilines is 2. The van der Waals surface area contributed by atoms with Gasteiger partial charge in [0.15, 0.2) is 5.13 Å². The Balaban J connectivity index is 1.95. The molecule has 4 N–H and O–H groups in total. The van der Waals surface area contributed by atoms with E-state index in [2.05, 4.69) is 29.5 Å². The molecule has 1 aliphatic rings. The maximum atomic E-state index is 12.3. The lowest BCUT2D eigenvalue weighted by Gasteiger charge is -2.18. The Kier molecular flexibility index (Phi) is 5.41. The van der Waals surface area contributed by atoms with Gasteiger partial charge in [0.2, 0.25) is 0 Å². The highest BCUT2D eigenvalue weighted by atomic mass is 32.1. The van der Waals surface area contributed by atoms with Gasteiger partial charge in [0.25, 0.3) is 5.91 Å². The fourth-order valence-corrected chi connectivity index (χ4v) is 2.99. The van der Waals surface area contributed by atoms with Gasteiger partial charge in [-0.1, -0.05) is 25.2 Å². The van der Waals surface area contributed by atoms with E-state index in [0.29, 0.717) is 34.3 Å². The lowest BCUT2D eigenvalue weighted by Crippen LogP contribution is -2.38. The summed E-state index contributed by atoms with van der Waals surface area (Å²) in [4.78, 5) is 17.0. The Morgan fingerprint density at radius 3 is 2.90 bits per heavy atom. The normalized spacial score (nSPS) is 19.7. The molecule has 0 aromatic carbocycles. The first-order chi connectivity index (χ1) is 9.97. The number of thiazole rings is 1. The van der Waals surface area contributed by atoms with Gasteiger partial charge in [-0.3, -0.25) is 4.79 Å². The first-order valence-electron chi connectivity index (χ1n) is 7.36. The molecular weight excluding hydrogens is 288 g/mol. The third-order valence-corrected chi connectivity index (χ3v) is 4.58. The van der Waals surface area contributed by atoms with Gasteiger partial charge in [0, 0.05) is 25.1 Å². The minimum absolute atomic E-state index is 0.0774. The zero-order valence-corrected chi connectivity index (χ0v) is 13.6. The molecule has 6 nitrogen and oxygen atoms in total. The molecular formula is C14H24N4O2S. The molecule has 1 aromatic rings. The number of ether oxygens (including phenoxy) is 1. The molecule has 1 aliphatic heterocycles. The van der Waals surface area contributed by atoms with Crippen molar-refractivity contribution in [3.63, 3.8) is 0 Å². The number of nitrogens with zero attached hydrogens (tertiary/aromatic N) is 1. The number of hydrogen-bond donors (Lipinski definition) is 3. The Hall–Kier alpha value is -1.34. The van der Waals surface area contributed by atoms with E-state index in [0.717, 1.165) is 19.6 Å². The fraction of sp³-hybridized carbons (Fsp3) is 0.714. The zero-order valence-electron chi connectivity index (χ0n) is 12.8. The number of nitrogens with two attached hydrogens (primary N) is 1. The largest absolute Gasteiger partial charge is 0.382 e. The van der Waals surface area contributed by atoms with Gasteiger partial charge >= 0.3 is 0 Å². The third-order valence-electron chi connectivity index (χ3n) is 3.55. The van der Waals surface area contributed by atoms with Gasteiger partial charge in [-0.2, -0.15) is 0 Å². The Morgan fingerprint density at radius 1 is 1.52 bits per heavy atom. The minimum Gasteiger partial charge on any atom is -0.382 e. The van der Waals surface area contributed by atoms with Crippen molar-refractivity contribution < 1.29 is 9.53 Å². The van der Waals surface area contributed by atoms with Crippen molar-refractivity contribution in [3.05, 3.63) is 4.88 Å². The maximum absolute atomic E-state index is 12.3. The standard InChI is InChI=1S/C14H24N4O2S/c1-8(2)6-16-14-18-12(15)11(21-14)13(19)17-9(3)10-4-5-20-7-10/h8-10H,4-7,15H2,1-3H3,(H,16,18)(H,17,19). The summed E-state index contributed by atoms with van der Waals surface area (Å²) < 4.78 is 5.35. The van der Waals surface area contributed by atoms with Gasteiger partial charge in [-0.15, -0.1) is 0 Å². The van der Waals surface area contributed by atoms with Crippen molar-refractivity contribution in [3.8, 4) is 0 Å². The van der Waals surface area contributed by atoms with Crippen LogP contribution >= 0.6 is 11.3 Å². The van der Waals surface area contributed by atoms with Gasteiger partial charge < -0.3 is 21.1 Å². The van der Waals surface area contributed by atoms with Crippen LogP contribution < -0.4 is 16.4 Å². The topological polar surface area (TPSA) is 89.3 Å². The van der Waals surface area contributed by atoms with Gasteiger partial charge in [0.05, 0.1) is 6.61 Å². The predicted octanol–water partition coefficient (Wildman–Crippen LogP) is 1.95. The van der Waals surface area contributed by atoms with E-state index in [9.17, 15) is 4.79 Å². The van der Waals surface area contributed by atoms with E-state index in [1.165, 1.54) is 11.3 Å². The zero-order chi connectivity index (χ0) is 15.4. The van der Waals surface area contributed by atoms with E-state index >= 15 is 0 Å². The van der Waals surface area contributed by atoms with Crippen LogP contribution in [0.3, 0.4) is 0 Å². The molecule has 0 saturated carbocycles. The molecule has 1 fully saturated rings. The lowest BCUT2D eigenvalue weighted by molar-refractivity contribution is 0.0927. The molecule has 0 aliphatic carbocycles. The second-order valence-corrected chi connectivity index (χ2v) is 6.89. The average Bonchev–Trinajstić information content (AvgIpc) is 3.05. The van der Waals surface area contributed by atoms with E-state index in [1.54, 1.807) is 0 Å². The Morgan fingerprint density at radius 2 is 2.29 bits per heavy atom. The van der Waals surface area contributed by atoms with Crippen molar-refractivity contribution >= 4 is 28.2 Å². The van der Waals surface area contributed by atoms with Crippen LogP contribution in [-0.4, -0.2) is 36.7 Å². The fourth-order valence-electron chi connectivity index (χ4n) is 2.20. The van der Waals surface area contributed by atoms with Crippen LogP contribution in [0.2, 0.25) is 0 Å². The average molecular weight is 312 g/mol. The van der Waals surface area contributed by atoms with Crippen molar-refractivity contribution in [2.75, 3.05) is 30.8 Å². The minimum atomic E-state index is -0.151. The van der Waals surface area contributed by atoms with Crippen LogP contribution in [0.5, 0.6) is 0 Å². The van der Waals surface area contributed by atoms with Crippen molar-refractivity contribution in [1.82, 2.24) is 10.3 Å². The molecule has 0 radical (unpaired) electrons. The third kappa shape index (κ3) is 4.31.